The van der Waals surface area contributed by atoms with Gasteiger partial charge in [0.25, 0.3) is 0 Å². The van der Waals surface area contributed by atoms with Gasteiger partial charge in [-0.05, 0) is 33.3 Å². The summed E-state index contributed by atoms with van der Waals surface area (Å²) in [6.45, 7) is 9.99. The molecular formula is C18H28N3O5+. The molecular weight excluding hydrogens is 338 g/mol. The van der Waals surface area contributed by atoms with Crippen molar-refractivity contribution in [2.24, 2.45) is 0 Å². The first kappa shape index (κ1) is 20.0. The number of aryl methyl sites for hydroxylation is 1. The molecule has 0 spiro atoms. The second-order valence-electron chi connectivity index (χ2n) is 6.55. The van der Waals surface area contributed by atoms with Crippen molar-refractivity contribution in [2.75, 3.05) is 39.9 Å². The lowest BCUT2D eigenvalue weighted by atomic mass is 10.0. The smallest absolute Gasteiger partial charge is 0.410 e. The van der Waals surface area contributed by atoms with Crippen LogP contribution in [-0.2, 0) is 9.47 Å². The number of hydrogen-bond donors (Lipinski definition) is 2. The molecule has 1 atom stereocenters. The number of ketones is 1. The number of amides is 1. The van der Waals surface area contributed by atoms with Crippen LogP contribution in [-0.4, -0.2) is 73.7 Å². The molecule has 2 heterocycles. The predicted molar refractivity (Wildman–Crippen MR) is 94.7 cm³/mol. The number of rotatable bonds is 5. The van der Waals surface area contributed by atoms with Crippen molar-refractivity contribution in [3.05, 3.63) is 22.5 Å². The van der Waals surface area contributed by atoms with Crippen molar-refractivity contribution in [2.45, 2.75) is 33.7 Å². The number of quaternary nitrogens is 1. The highest BCUT2D eigenvalue weighted by molar-refractivity contribution is 6.03. The Balaban J connectivity index is 2.07. The molecule has 1 aliphatic rings. The molecule has 1 aromatic rings. The highest BCUT2D eigenvalue weighted by atomic mass is 16.6. The number of carbonyl (C=O) groups excluding carboxylic acids is 3. The van der Waals surface area contributed by atoms with E-state index in [1.807, 2.05) is 6.92 Å². The molecule has 8 heteroatoms. The zero-order chi connectivity index (χ0) is 19.4. The molecule has 0 bridgehead atoms. The van der Waals surface area contributed by atoms with Crippen LogP contribution in [0.15, 0.2) is 0 Å². The van der Waals surface area contributed by atoms with Gasteiger partial charge in [-0.15, -0.1) is 0 Å². The fraction of sp³-hybridized carbons (Fsp3) is 0.611. The van der Waals surface area contributed by atoms with Crippen molar-refractivity contribution in [3.63, 3.8) is 0 Å². The van der Waals surface area contributed by atoms with E-state index in [0.717, 1.165) is 4.90 Å². The summed E-state index contributed by atoms with van der Waals surface area (Å²) in [7, 11) is 1.32. The van der Waals surface area contributed by atoms with Crippen LogP contribution >= 0.6 is 0 Å². The van der Waals surface area contributed by atoms with Gasteiger partial charge in [0.2, 0.25) is 5.78 Å². The molecule has 0 saturated carbocycles. The maximum absolute atomic E-state index is 12.9. The van der Waals surface area contributed by atoms with Gasteiger partial charge in [0, 0.05) is 5.69 Å². The van der Waals surface area contributed by atoms with E-state index in [9.17, 15) is 14.4 Å². The Kier molecular flexibility index (Phi) is 6.42. The zero-order valence-electron chi connectivity index (χ0n) is 16.1. The quantitative estimate of drug-likeness (QED) is 0.579. The molecule has 0 radical (unpaired) electrons. The maximum atomic E-state index is 12.9. The van der Waals surface area contributed by atoms with Gasteiger partial charge in [0.1, 0.15) is 0 Å². The first-order valence-electron chi connectivity index (χ1n) is 8.89. The summed E-state index contributed by atoms with van der Waals surface area (Å²) in [5.41, 5.74) is 2.13. The van der Waals surface area contributed by atoms with Crippen LogP contribution in [0.5, 0.6) is 0 Å². The second-order valence-corrected chi connectivity index (χ2v) is 6.55. The lowest BCUT2D eigenvalue weighted by Gasteiger charge is -2.34. The van der Waals surface area contributed by atoms with Crippen LogP contribution in [0.4, 0.5) is 4.79 Å². The van der Waals surface area contributed by atoms with Crippen molar-refractivity contribution in [3.8, 4) is 0 Å². The van der Waals surface area contributed by atoms with E-state index < -0.39 is 5.97 Å². The number of nitrogens with zero attached hydrogens (tertiary/aromatic N) is 1. The number of esters is 1. The number of H-pyrrole nitrogens is 1. The highest BCUT2D eigenvalue weighted by Gasteiger charge is 2.34. The largest absolute Gasteiger partial charge is 0.465 e. The van der Waals surface area contributed by atoms with Crippen LogP contribution in [0, 0.1) is 13.8 Å². The lowest BCUT2D eigenvalue weighted by Crippen LogP contribution is -3.18. The van der Waals surface area contributed by atoms with Gasteiger partial charge in [0.15, 0.2) is 6.04 Å². The van der Waals surface area contributed by atoms with Crippen molar-refractivity contribution < 1.29 is 28.8 Å². The summed E-state index contributed by atoms with van der Waals surface area (Å²) in [4.78, 5) is 42.5. The second kappa shape index (κ2) is 8.35. The lowest BCUT2D eigenvalue weighted by molar-refractivity contribution is -0.917. The number of aromatic nitrogens is 1. The minimum Gasteiger partial charge on any atom is -0.465 e. The van der Waals surface area contributed by atoms with E-state index in [1.54, 1.807) is 25.7 Å². The van der Waals surface area contributed by atoms with Crippen LogP contribution in [0.2, 0.25) is 0 Å². The van der Waals surface area contributed by atoms with Crippen molar-refractivity contribution in [1.82, 2.24) is 9.88 Å². The Morgan fingerprint density at radius 2 is 1.85 bits per heavy atom. The monoisotopic (exact) mass is 366 g/mol. The molecule has 0 aliphatic carbocycles. The normalized spacial score (nSPS) is 16.3. The third-order valence-electron chi connectivity index (χ3n) is 5.01. The van der Waals surface area contributed by atoms with Gasteiger partial charge in [-0.2, -0.15) is 0 Å². The number of aromatic amines is 1. The molecule has 1 aliphatic heterocycles. The zero-order valence-corrected chi connectivity index (χ0v) is 16.1. The number of piperazine rings is 1. The van der Waals surface area contributed by atoms with Crippen molar-refractivity contribution in [1.29, 1.82) is 0 Å². The Hall–Kier alpha value is -2.35. The van der Waals surface area contributed by atoms with Gasteiger partial charge in [-0.1, -0.05) is 0 Å². The van der Waals surface area contributed by atoms with Crippen LogP contribution < -0.4 is 4.90 Å². The molecule has 1 amide bonds. The fourth-order valence-corrected chi connectivity index (χ4v) is 3.43. The van der Waals surface area contributed by atoms with E-state index in [1.165, 1.54) is 7.11 Å². The molecule has 0 unspecified atom stereocenters. The molecule has 1 aromatic heterocycles. The van der Waals surface area contributed by atoms with Crippen molar-refractivity contribution >= 4 is 17.8 Å². The van der Waals surface area contributed by atoms with Crippen LogP contribution in [0.25, 0.3) is 0 Å². The number of nitrogens with one attached hydrogen (secondary N) is 2. The number of hydrogen-bond acceptors (Lipinski definition) is 5. The Bertz CT molecular complexity index is 689. The first-order chi connectivity index (χ1) is 12.3. The summed E-state index contributed by atoms with van der Waals surface area (Å²) < 4.78 is 9.82. The van der Waals surface area contributed by atoms with Gasteiger partial charge in [-0.3, -0.25) is 9.69 Å². The Morgan fingerprint density at radius 1 is 1.23 bits per heavy atom. The number of ether oxygens (including phenoxy) is 2. The molecule has 2 N–H and O–H groups in total. The summed E-state index contributed by atoms with van der Waals surface area (Å²) >= 11 is 0. The molecule has 26 heavy (non-hydrogen) atoms. The van der Waals surface area contributed by atoms with E-state index in [-0.39, 0.29) is 17.9 Å². The van der Waals surface area contributed by atoms with Crippen LogP contribution in [0.3, 0.4) is 0 Å². The molecule has 1 saturated heterocycles. The minimum absolute atomic E-state index is 0.0414. The third kappa shape index (κ3) is 3.90. The van der Waals surface area contributed by atoms with E-state index in [2.05, 4.69) is 4.98 Å². The average molecular weight is 366 g/mol. The fourth-order valence-electron chi connectivity index (χ4n) is 3.43. The molecule has 144 valence electrons. The molecule has 1 fully saturated rings. The Labute approximate surface area is 153 Å². The predicted octanol–water partition coefficient (Wildman–Crippen LogP) is 0.346. The van der Waals surface area contributed by atoms with Crippen LogP contribution in [0.1, 0.15) is 46.0 Å². The Morgan fingerprint density at radius 3 is 2.38 bits per heavy atom. The average Bonchev–Trinajstić information content (AvgIpc) is 2.94. The number of methoxy groups -OCH3 is 1. The van der Waals surface area contributed by atoms with Gasteiger partial charge >= 0.3 is 12.1 Å². The third-order valence-corrected chi connectivity index (χ3v) is 5.01. The van der Waals surface area contributed by atoms with E-state index in [0.29, 0.717) is 55.3 Å². The summed E-state index contributed by atoms with van der Waals surface area (Å²) in [5.74, 6) is -0.487. The molecule has 8 nitrogen and oxygen atoms in total. The number of carbonyl (C=O) groups is 3. The standard InChI is InChI=1S/C18H27N3O5/c1-6-26-18(24)21-9-7-20(8-10-21)13(4)16(22)15-11(2)14(12(3)19-15)17(23)25-5/h13,19H,6-10H2,1-5H3/p+1/t13-/m1/s1. The topological polar surface area (TPSA) is 93.1 Å². The van der Waals surface area contributed by atoms with Gasteiger partial charge in [0.05, 0.1) is 51.2 Å². The van der Waals surface area contributed by atoms with Gasteiger partial charge < -0.3 is 19.4 Å². The molecule has 2 rings (SSSR count). The summed E-state index contributed by atoms with van der Waals surface area (Å²) in [6.07, 6.45) is -0.302. The molecule has 0 aromatic carbocycles. The SMILES string of the molecule is CCOC(=O)N1CC[NH+]([C@H](C)C(=O)c2[nH]c(C)c(C(=O)OC)c2C)CC1. The van der Waals surface area contributed by atoms with E-state index in [4.69, 9.17) is 9.47 Å². The summed E-state index contributed by atoms with van der Waals surface area (Å²) in [5, 5.41) is 0. The minimum atomic E-state index is -0.446. The maximum Gasteiger partial charge on any atom is 0.410 e. The van der Waals surface area contributed by atoms with Gasteiger partial charge in [-0.25, -0.2) is 9.59 Å². The highest BCUT2D eigenvalue weighted by Crippen LogP contribution is 2.19. The summed E-state index contributed by atoms with van der Waals surface area (Å²) in [6, 6.07) is -0.276. The van der Waals surface area contributed by atoms with E-state index >= 15 is 0 Å². The first-order valence-corrected chi connectivity index (χ1v) is 8.89. The number of Topliss-reactive ketones (excluding diaryl/α,β-unsaturated/α-hetero) is 1.